The first-order valence-corrected chi connectivity index (χ1v) is 5.16. The minimum Gasteiger partial charge on any atom is -0.369 e. The SMILES string of the molecule is CN1CCN(C2=CCCC=C2)CC1. The van der Waals surface area contributed by atoms with Gasteiger partial charge in [0.1, 0.15) is 0 Å². The number of piperazine rings is 1. The van der Waals surface area contributed by atoms with E-state index in [1.54, 1.807) is 0 Å². The first-order valence-electron chi connectivity index (χ1n) is 5.16. The molecule has 1 heterocycles. The highest BCUT2D eigenvalue weighted by Crippen LogP contribution is 2.15. The molecule has 0 atom stereocenters. The lowest BCUT2D eigenvalue weighted by Crippen LogP contribution is -2.43. The Morgan fingerprint density at radius 2 is 1.85 bits per heavy atom. The summed E-state index contributed by atoms with van der Waals surface area (Å²) in [6, 6.07) is 0. The number of rotatable bonds is 1. The number of nitrogens with zero attached hydrogens (tertiary/aromatic N) is 2. The smallest absolute Gasteiger partial charge is 0.0323 e. The van der Waals surface area contributed by atoms with Gasteiger partial charge in [0.15, 0.2) is 0 Å². The second kappa shape index (κ2) is 3.97. The Labute approximate surface area is 80.5 Å². The molecule has 0 aromatic rings. The standard InChI is InChI=1S/C11H18N2/c1-12-7-9-13(10-8-12)11-5-3-2-4-6-11/h3,5-6H,2,4,7-10H2,1H3. The first kappa shape index (κ1) is 8.82. The summed E-state index contributed by atoms with van der Waals surface area (Å²) in [6.07, 6.45) is 9.36. The van der Waals surface area contributed by atoms with Crippen molar-refractivity contribution in [1.29, 1.82) is 0 Å². The molecule has 0 radical (unpaired) electrons. The lowest BCUT2D eigenvalue weighted by Gasteiger charge is -2.35. The van der Waals surface area contributed by atoms with Crippen LogP contribution in [0.25, 0.3) is 0 Å². The van der Waals surface area contributed by atoms with Crippen molar-refractivity contribution in [2.75, 3.05) is 33.2 Å². The van der Waals surface area contributed by atoms with Gasteiger partial charge in [0.2, 0.25) is 0 Å². The first-order chi connectivity index (χ1) is 6.36. The Balaban J connectivity index is 1.94. The van der Waals surface area contributed by atoms with Gasteiger partial charge in [0.25, 0.3) is 0 Å². The van der Waals surface area contributed by atoms with Crippen LogP contribution in [0.2, 0.25) is 0 Å². The summed E-state index contributed by atoms with van der Waals surface area (Å²) >= 11 is 0. The van der Waals surface area contributed by atoms with Crippen LogP contribution in [0, 0.1) is 0 Å². The molecule has 0 aromatic heterocycles. The molecule has 0 unspecified atom stereocenters. The van der Waals surface area contributed by atoms with Gasteiger partial charge in [-0.1, -0.05) is 12.2 Å². The fraction of sp³-hybridized carbons (Fsp3) is 0.636. The zero-order valence-electron chi connectivity index (χ0n) is 8.37. The van der Waals surface area contributed by atoms with Gasteiger partial charge in [-0.25, -0.2) is 0 Å². The van der Waals surface area contributed by atoms with E-state index in [4.69, 9.17) is 0 Å². The van der Waals surface area contributed by atoms with Gasteiger partial charge in [-0.05, 0) is 26.0 Å². The van der Waals surface area contributed by atoms with Crippen molar-refractivity contribution in [3.8, 4) is 0 Å². The zero-order chi connectivity index (χ0) is 9.10. The molecule has 1 fully saturated rings. The Morgan fingerprint density at radius 1 is 1.08 bits per heavy atom. The maximum atomic E-state index is 2.50. The molecular formula is C11H18N2. The van der Waals surface area contributed by atoms with Gasteiger partial charge in [-0.3, -0.25) is 0 Å². The van der Waals surface area contributed by atoms with E-state index in [1.807, 2.05) is 0 Å². The van der Waals surface area contributed by atoms with Crippen LogP contribution in [0.4, 0.5) is 0 Å². The van der Waals surface area contributed by atoms with Crippen LogP contribution in [0.3, 0.4) is 0 Å². The largest absolute Gasteiger partial charge is 0.369 e. The van der Waals surface area contributed by atoms with Crippen molar-refractivity contribution in [3.63, 3.8) is 0 Å². The molecule has 2 heteroatoms. The lowest BCUT2D eigenvalue weighted by atomic mass is 10.1. The van der Waals surface area contributed by atoms with Crippen molar-refractivity contribution in [2.24, 2.45) is 0 Å². The Morgan fingerprint density at radius 3 is 2.46 bits per heavy atom. The molecule has 72 valence electrons. The minimum atomic E-state index is 1.19. The van der Waals surface area contributed by atoms with Crippen LogP contribution in [-0.2, 0) is 0 Å². The van der Waals surface area contributed by atoms with Gasteiger partial charge in [0, 0.05) is 31.9 Å². The van der Waals surface area contributed by atoms with Crippen molar-refractivity contribution in [3.05, 3.63) is 23.9 Å². The third-order valence-corrected chi connectivity index (χ3v) is 2.84. The van der Waals surface area contributed by atoms with Gasteiger partial charge >= 0.3 is 0 Å². The van der Waals surface area contributed by atoms with E-state index in [-0.39, 0.29) is 0 Å². The van der Waals surface area contributed by atoms with E-state index >= 15 is 0 Å². The monoisotopic (exact) mass is 178 g/mol. The molecule has 0 bridgehead atoms. The molecule has 1 saturated heterocycles. The molecule has 2 aliphatic rings. The summed E-state index contributed by atoms with van der Waals surface area (Å²) in [5.41, 5.74) is 1.44. The second-order valence-electron chi connectivity index (χ2n) is 3.90. The number of hydrogen-bond donors (Lipinski definition) is 0. The molecule has 0 amide bonds. The van der Waals surface area contributed by atoms with E-state index in [1.165, 1.54) is 44.7 Å². The van der Waals surface area contributed by atoms with Crippen LogP contribution in [0.15, 0.2) is 23.9 Å². The molecule has 2 nitrogen and oxygen atoms in total. The average Bonchev–Trinajstić information content (AvgIpc) is 2.20. The summed E-state index contributed by atoms with van der Waals surface area (Å²) in [7, 11) is 2.20. The molecule has 0 aromatic carbocycles. The highest BCUT2D eigenvalue weighted by molar-refractivity contribution is 5.21. The normalized spacial score (nSPS) is 24.7. The van der Waals surface area contributed by atoms with Crippen LogP contribution >= 0.6 is 0 Å². The fourth-order valence-corrected chi connectivity index (χ4v) is 1.90. The molecule has 1 aliphatic carbocycles. The third kappa shape index (κ3) is 2.13. The predicted octanol–water partition coefficient (Wildman–Crippen LogP) is 1.47. The molecule has 0 spiro atoms. The number of hydrogen-bond acceptors (Lipinski definition) is 2. The maximum Gasteiger partial charge on any atom is 0.0323 e. The summed E-state index contributed by atoms with van der Waals surface area (Å²) in [4.78, 5) is 4.89. The van der Waals surface area contributed by atoms with Crippen molar-refractivity contribution in [2.45, 2.75) is 12.8 Å². The highest BCUT2D eigenvalue weighted by Gasteiger charge is 2.14. The number of allylic oxidation sites excluding steroid dienone is 3. The Hall–Kier alpha value is -0.760. The van der Waals surface area contributed by atoms with E-state index < -0.39 is 0 Å². The van der Waals surface area contributed by atoms with Crippen molar-refractivity contribution in [1.82, 2.24) is 9.80 Å². The third-order valence-electron chi connectivity index (χ3n) is 2.84. The zero-order valence-corrected chi connectivity index (χ0v) is 8.37. The predicted molar refractivity (Wildman–Crippen MR) is 55.5 cm³/mol. The topological polar surface area (TPSA) is 6.48 Å². The van der Waals surface area contributed by atoms with Crippen LogP contribution in [0.1, 0.15) is 12.8 Å². The van der Waals surface area contributed by atoms with E-state index in [0.717, 1.165) is 0 Å². The molecule has 2 rings (SSSR count). The summed E-state index contributed by atoms with van der Waals surface area (Å²) in [5.74, 6) is 0. The van der Waals surface area contributed by atoms with Crippen molar-refractivity contribution < 1.29 is 0 Å². The van der Waals surface area contributed by atoms with Crippen LogP contribution < -0.4 is 0 Å². The lowest BCUT2D eigenvalue weighted by molar-refractivity contribution is 0.189. The van der Waals surface area contributed by atoms with E-state index in [2.05, 4.69) is 35.1 Å². The molecule has 13 heavy (non-hydrogen) atoms. The fourth-order valence-electron chi connectivity index (χ4n) is 1.90. The summed E-state index contributed by atoms with van der Waals surface area (Å²) in [6.45, 7) is 4.77. The van der Waals surface area contributed by atoms with Gasteiger partial charge in [-0.15, -0.1) is 0 Å². The Kier molecular flexibility index (Phi) is 2.69. The average molecular weight is 178 g/mol. The summed E-state index contributed by atoms with van der Waals surface area (Å²) in [5, 5.41) is 0. The quantitative estimate of drug-likeness (QED) is 0.600. The van der Waals surface area contributed by atoms with Gasteiger partial charge in [-0.2, -0.15) is 0 Å². The number of likely N-dealkylation sites (N-methyl/N-ethyl adjacent to an activating group) is 1. The molecule has 0 saturated carbocycles. The van der Waals surface area contributed by atoms with Crippen LogP contribution in [-0.4, -0.2) is 43.0 Å². The van der Waals surface area contributed by atoms with Gasteiger partial charge < -0.3 is 9.80 Å². The minimum absolute atomic E-state index is 1.19. The summed E-state index contributed by atoms with van der Waals surface area (Å²) < 4.78 is 0. The molecule has 1 aliphatic heterocycles. The second-order valence-corrected chi connectivity index (χ2v) is 3.90. The Bertz CT molecular complexity index is 222. The highest BCUT2D eigenvalue weighted by atomic mass is 15.2. The molecular weight excluding hydrogens is 160 g/mol. The maximum absolute atomic E-state index is 2.50. The van der Waals surface area contributed by atoms with Crippen LogP contribution in [0.5, 0.6) is 0 Å². The van der Waals surface area contributed by atoms with E-state index in [0.29, 0.717) is 0 Å². The van der Waals surface area contributed by atoms with E-state index in [9.17, 15) is 0 Å². The van der Waals surface area contributed by atoms with Crippen molar-refractivity contribution >= 4 is 0 Å². The van der Waals surface area contributed by atoms with Gasteiger partial charge in [0.05, 0.1) is 0 Å². The molecule has 0 N–H and O–H groups in total.